The molecule has 0 heterocycles. The molecule has 22 heavy (non-hydrogen) atoms. The quantitative estimate of drug-likeness (QED) is 0.758. The molecule has 0 unspecified atom stereocenters. The van der Waals surface area contributed by atoms with Crippen molar-refractivity contribution >= 4 is 0 Å². The Labute approximate surface area is 136 Å². The molecule has 0 spiro atoms. The van der Waals surface area contributed by atoms with E-state index in [4.69, 9.17) is 5.11 Å². The van der Waals surface area contributed by atoms with E-state index < -0.39 is 0 Å². The number of rotatable bonds is 4. The molecule has 0 aliphatic rings. The van der Waals surface area contributed by atoms with E-state index in [1.54, 1.807) is 24.3 Å². The minimum atomic E-state index is 0.322. The van der Waals surface area contributed by atoms with E-state index in [0.717, 1.165) is 11.8 Å². The van der Waals surface area contributed by atoms with Crippen LogP contribution in [-0.4, -0.2) is 5.11 Å². The zero-order valence-corrected chi connectivity index (χ0v) is 14.6. The van der Waals surface area contributed by atoms with Crippen molar-refractivity contribution < 1.29 is 5.11 Å². The zero-order valence-electron chi connectivity index (χ0n) is 14.6. The number of phenols is 1. The van der Waals surface area contributed by atoms with E-state index in [9.17, 15) is 0 Å². The average Bonchev–Trinajstić information content (AvgIpc) is 2.37. The molecule has 1 heteroatoms. The van der Waals surface area contributed by atoms with Gasteiger partial charge >= 0.3 is 0 Å². The van der Waals surface area contributed by atoms with Crippen molar-refractivity contribution in [2.24, 2.45) is 11.8 Å². The van der Waals surface area contributed by atoms with Gasteiger partial charge in [0.1, 0.15) is 5.75 Å². The van der Waals surface area contributed by atoms with Gasteiger partial charge in [0.2, 0.25) is 0 Å². The van der Waals surface area contributed by atoms with Gasteiger partial charge in [-0.3, -0.25) is 0 Å². The third kappa shape index (κ3) is 7.87. The van der Waals surface area contributed by atoms with Crippen LogP contribution in [0.2, 0.25) is 0 Å². The lowest BCUT2D eigenvalue weighted by Gasteiger charge is -2.11. The summed E-state index contributed by atoms with van der Waals surface area (Å²) in [7, 11) is 0. The van der Waals surface area contributed by atoms with Crippen LogP contribution >= 0.6 is 0 Å². The van der Waals surface area contributed by atoms with E-state index >= 15 is 0 Å². The molecular formula is C21H30O. The zero-order chi connectivity index (χ0) is 16.5. The molecule has 0 saturated heterocycles. The van der Waals surface area contributed by atoms with Crippen molar-refractivity contribution in [1.29, 1.82) is 0 Å². The molecule has 1 nitrogen and oxygen atoms in total. The molecule has 2 aromatic carbocycles. The number of aryl methyl sites for hydroxylation is 1. The molecule has 0 aliphatic carbocycles. The van der Waals surface area contributed by atoms with Gasteiger partial charge in [0.05, 0.1) is 0 Å². The number of phenolic OH excluding ortho intramolecular Hbond substituents is 1. The number of hydrogen-bond donors (Lipinski definition) is 1. The molecule has 0 atom stereocenters. The topological polar surface area (TPSA) is 20.2 Å². The maximum Gasteiger partial charge on any atom is 0.115 e. The second-order valence-corrected chi connectivity index (χ2v) is 6.86. The first-order chi connectivity index (χ1) is 10.4. The second-order valence-electron chi connectivity index (χ2n) is 6.86. The Hall–Kier alpha value is -1.76. The van der Waals surface area contributed by atoms with E-state index in [1.165, 1.54) is 29.5 Å². The summed E-state index contributed by atoms with van der Waals surface area (Å²) < 4.78 is 0. The fourth-order valence-corrected chi connectivity index (χ4v) is 2.55. The normalized spacial score (nSPS) is 10.5. The van der Waals surface area contributed by atoms with Gasteiger partial charge in [-0.15, -0.1) is 0 Å². The molecule has 0 bridgehead atoms. The number of para-hydroxylation sites is 1. The Morgan fingerprint density at radius 3 is 1.55 bits per heavy atom. The van der Waals surface area contributed by atoms with Crippen molar-refractivity contribution in [3.8, 4) is 5.75 Å². The van der Waals surface area contributed by atoms with Gasteiger partial charge in [0.25, 0.3) is 0 Å². The lowest BCUT2D eigenvalue weighted by atomic mass is 9.95. The van der Waals surface area contributed by atoms with Crippen LogP contribution < -0.4 is 0 Å². The molecule has 0 radical (unpaired) electrons. The summed E-state index contributed by atoms with van der Waals surface area (Å²) in [6, 6.07) is 15.7. The minimum Gasteiger partial charge on any atom is -0.508 e. The second kappa shape index (κ2) is 9.30. The minimum absolute atomic E-state index is 0.322. The van der Waals surface area contributed by atoms with Gasteiger partial charge in [0, 0.05) is 0 Å². The fraction of sp³-hybridized carbons (Fsp3) is 0.429. The van der Waals surface area contributed by atoms with Crippen molar-refractivity contribution in [2.75, 3.05) is 0 Å². The molecule has 0 aromatic heterocycles. The number of hydrogen-bond acceptors (Lipinski definition) is 1. The maximum absolute atomic E-state index is 8.63. The van der Waals surface area contributed by atoms with Gasteiger partial charge in [0.15, 0.2) is 0 Å². The number of aromatic hydroxyl groups is 1. The standard InChI is InChI=1S/C15H24.C6H6O/c1-11(2)6-14-8-13(5)9-15(10-14)7-12(3)4;7-6-4-2-1-3-5-6/h8-12H,6-7H2,1-5H3;1-5,7H. The molecule has 0 amide bonds. The van der Waals surface area contributed by atoms with Gasteiger partial charge in [-0.2, -0.15) is 0 Å². The van der Waals surface area contributed by atoms with Gasteiger partial charge in [-0.1, -0.05) is 69.7 Å². The van der Waals surface area contributed by atoms with E-state index in [1.807, 2.05) is 6.07 Å². The van der Waals surface area contributed by atoms with Gasteiger partial charge in [-0.05, 0) is 54.9 Å². The molecule has 0 fully saturated rings. The van der Waals surface area contributed by atoms with Crippen LogP contribution in [0, 0.1) is 18.8 Å². The van der Waals surface area contributed by atoms with Crippen LogP contribution in [0.1, 0.15) is 44.4 Å². The maximum atomic E-state index is 8.63. The smallest absolute Gasteiger partial charge is 0.115 e. The first-order valence-corrected chi connectivity index (χ1v) is 8.20. The molecular weight excluding hydrogens is 268 g/mol. The van der Waals surface area contributed by atoms with Crippen molar-refractivity contribution in [2.45, 2.75) is 47.5 Å². The predicted molar refractivity (Wildman–Crippen MR) is 96.4 cm³/mol. The fourth-order valence-electron chi connectivity index (χ4n) is 2.55. The van der Waals surface area contributed by atoms with E-state index in [-0.39, 0.29) is 0 Å². The van der Waals surface area contributed by atoms with Crippen LogP contribution in [0.4, 0.5) is 0 Å². The van der Waals surface area contributed by atoms with Crippen molar-refractivity contribution in [3.05, 3.63) is 65.2 Å². The SMILES string of the molecule is Cc1cc(CC(C)C)cc(CC(C)C)c1.Oc1ccccc1. The highest BCUT2D eigenvalue weighted by molar-refractivity contribution is 5.30. The number of benzene rings is 2. The first kappa shape index (κ1) is 18.3. The van der Waals surface area contributed by atoms with Gasteiger partial charge in [-0.25, -0.2) is 0 Å². The highest BCUT2D eigenvalue weighted by Crippen LogP contribution is 2.16. The average molecular weight is 298 g/mol. The van der Waals surface area contributed by atoms with E-state index in [0.29, 0.717) is 5.75 Å². The molecule has 120 valence electrons. The highest BCUT2D eigenvalue weighted by Gasteiger charge is 2.03. The molecule has 0 aliphatic heterocycles. The highest BCUT2D eigenvalue weighted by atomic mass is 16.3. The Bertz CT molecular complexity index is 513. The third-order valence-corrected chi connectivity index (χ3v) is 3.24. The van der Waals surface area contributed by atoms with Crippen LogP contribution in [0.5, 0.6) is 5.75 Å². The predicted octanol–water partition coefficient (Wildman–Crippen LogP) is 5.78. The monoisotopic (exact) mass is 298 g/mol. The Kier molecular flexibility index (Phi) is 7.73. The van der Waals surface area contributed by atoms with E-state index in [2.05, 4.69) is 52.8 Å². The lowest BCUT2D eigenvalue weighted by Crippen LogP contribution is -1.99. The first-order valence-electron chi connectivity index (χ1n) is 8.20. The summed E-state index contributed by atoms with van der Waals surface area (Å²) in [5.74, 6) is 1.82. The largest absolute Gasteiger partial charge is 0.508 e. The summed E-state index contributed by atoms with van der Waals surface area (Å²) in [5.41, 5.74) is 4.41. The summed E-state index contributed by atoms with van der Waals surface area (Å²) in [5, 5.41) is 8.63. The summed E-state index contributed by atoms with van der Waals surface area (Å²) >= 11 is 0. The van der Waals surface area contributed by atoms with Crippen LogP contribution in [-0.2, 0) is 12.8 Å². The van der Waals surface area contributed by atoms with Crippen LogP contribution in [0.3, 0.4) is 0 Å². The summed E-state index contributed by atoms with van der Waals surface area (Å²) in [6.45, 7) is 11.3. The van der Waals surface area contributed by atoms with Crippen LogP contribution in [0.15, 0.2) is 48.5 Å². The Morgan fingerprint density at radius 2 is 1.23 bits per heavy atom. The van der Waals surface area contributed by atoms with Gasteiger partial charge < -0.3 is 5.11 Å². The van der Waals surface area contributed by atoms with Crippen LogP contribution in [0.25, 0.3) is 0 Å². The molecule has 0 saturated carbocycles. The molecule has 2 rings (SSSR count). The van der Waals surface area contributed by atoms with Crippen molar-refractivity contribution in [1.82, 2.24) is 0 Å². The summed E-state index contributed by atoms with van der Waals surface area (Å²) in [6.07, 6.45) is 2.40. The third-order valence-electron chi connectivity index (χ3n) is 3.24. The Balaban J connectivity index is 0.000000287. The Morgan fingerprint density at radius 1 is 0.773 bits per heavy atom. The van der Waals surface area contributed by atoms with Crippen molar-refractivity contribution in [3.63, 3.8) is 0 Å². The molecule has 2 aromatic rings. The molecule has 1 N–H and O–H groups in total. The summed E-state index contributed by atoms with van der Waals surface area (Å²) in [4.78, 5) is 0. The lowest BCUT2D eigenvalue weighted by molar-refractivity contribution is 0.475.